The van der Waals surface area contributed by atoms with E-state index in [0.717, 1.165) is 12.0 Å². The Morgan fingerprint density at radius 3 is 1.77 bits per heavy atom. The fourth-order valence-electron chi connectivity index (χ4n) is 5.14. The number of rotatable bonds is 20. The SMILES string of the molecule is C=C[C@@H](C[C@@H](C[C@H](CC[C@@H](C)[C@H](O[Si](C)(C)C(C)(C)C)[C@H](C)COCc1ccccc1)OC(C)=O)OC(C)=O)O[Si](C)(C)C(C)(C)C. The van der Waals surface area contributed by atoms with E-state index in [4.69, 9.17) is 23.1 Å². The molecule has 0 unspecified atom stereocenters. The maximum Gasteiger partial charge on any atom is 0.302 e. The van der Waals surface area contributed by atoms with Crippen LogP contribution in [0.4, 0.5) is 0 Å². The maximum atomic E-state index is 12.3. The van der Waals surface area contributed by atoms with Crippen molar-refractivity contribution in [3.05, 3.63) is 48.6 Å². The van der Waals surface area contributed by atoms with Crippen LogP contribution in [-0.4, -0.2) is 59.6 Å². The van der Waals surface area contributed by atoms with Crippen LogP contribution in [0.2, 0.25) is 36.3 Å². The second-order valence-electron chi connectivity index (χ2n) is 16.5. The lowest BCUT2D eigenvalue weighted by atomic mass is 9.88. The molecule has 0 aliphatic heterocycles. The number of carbonyl (C=O) groups is 2. The molecule has 1 aromatic carbocycles. The Morgan fingerprint density at radius 2 is 1.28 bits per heavy atom. The molecule has 0 saturated heterocycles. The molecular formula is C38H68O7Si2. The molecule has 9 heteroatoms. The number of hydrogen-bond donors (Lipinski definition) is 0. The smallest absolute Gasteiger partial charge is 0.302 e. The van der Waals surface area contributed by atoms with Crippen LogP contribution < -0.4 is 0 Å². The van der Waals surface area contributed by atoms with Crippen LogP contribution in [0.3, 0.4) is 0 Å². The number of benzene rings is 1. The molecule has 0 bridgehead atoms. The summed E-state index contributed by atoms with van der Waals surface area (Å²) in [6, 6.07) is 10.2. The van der Waals surface area contributed by atoms with E-state index >= 15 is 0 Å². The molecule has 0 heterocycles. The fraction of sp³-hybridized carbons (Fsp3) is 0.737. The molecule has 7 nitrogen and oxygen atoms in total. The average molecular weight is 693 g/mol. The standard InChI is InChI=1S/C38H68O7Si2/c1-16-33(44-46(12,13)37(6,7)8)24-35(43-31(5)40)25-34(42-30(4)39)23-22-28(2)36(45-47(14,15)38(9,10)11)29(3)26-41-27-32-20-18-17-19-21-32/h16-21,28-29,33-36H,1,22-27H2,2-15H3/t28-,29-,33+,34+,35+,36+/m1/s1. The molecule has 0 N–H and O–H groups in total. The number of hydrogen-bond acceptors (Lipinski definition) is 7. The molecule has 0 spiro atoms. The van der Waals surface area contributed by atoms with Crippen LogP contribution in [0.15, 0.2) is 43.0 Å². The third kappa shape index (κ3) is 15.5. The minimum atomic E-state index is -2.10. The minimum Gasteiger partial charge on any atom is -0.462 e. The van der Waals surface area contributed by atoms with Crippen molar-refractivity contribution in [1.82, 2.24) is 0 Å². The van der Waals surface area contributed by atoms with E-state index in [1.165, 1.54) is 13.8 Å². The maximum absolute atomic E-state index is 12.3. The molecule has 0 aromatic heterocycles. The number of esters is 2. The predicted octanol–water partition coefficient (Wildman–Crippen LogP) is 9.87. The van der Waals surface area contributed by atoms with Crippen molar-refractivity contribution in [3.8, 4) is 0 Å². The molecule has 0 radical (unpaired) electrons. The van der Waals surface area contributed by atoms with E-state index in [1.54, 1.807) is 6.08 Å². The Labute approximate surface area is 289 Å². The minimum absolute atomic E-state index is 0.0222. The van der Waals surface area contributed by atoms with E-state index in [0.29, 0.717) is 32.5 Å². The Kier molecular flexibility index (Phi) is 17.3. The molecule has 0 aliphatic rings. The lowest BCUT2D eigenvalue weighted by Crippen LogP contribution is -2.48. The zero-order chi connectivity index (χ0) is 36.2. The third-order valence-corrected chi connectivity index (χ3v) is 19.0. The number of carbonyl (C=O) groups excluding carboxylic acids is 2. The summed E-state index contributed by atoms with van der Waals surface area (Å²) in [7, 11) is -4.19. The van der Waals surface area contributed by atoms with Crippen molar-refractivity contribution in [2.24, 2.45) is 11.8 Å². The van der Waals surface area contributed by atoms with Gasteiger partial charge in [0.25, 0.3) is 0 Å². The largest absolute Gasteiger partial charge is 0.462 e. The average Bonchev–Trinajstić information content (AvgIpc) is 2.92. The first-order chi connectivity index (χ1) is 21.5. The molecule has 6 atom stereocenters. The highest BCUT2D eigenvalue weighted by Gasteiger charge is 2.42. The van der Waals surface area contributed by atoms with Crippen LogP contribution in [-0.2, 0) is 39.3 Å². The summed E-state index contributed by atoms with van der Waals surface area (Å²) < 4.78 is 31.5. The summed E-state index contributed by atoms with van der Waals surface area (Å²) in [6.07, 6.45) is 2.82. The summed E-state index contributed by atoms with van der Waals surface area (Å²) in [6.45, 7) is 34.8. The van der Waals surface area contributed by atoms with Crippen LogP contribution in [0, 0.1) is 11.8 Å². The fourth-order valence-corrected chi connectivity index (χ4v) is 7.94. The van der Waals surface area contributed by atoms with E-state index < -0.39 is 28.8 Å². The summed E-state index contributed by atoms with van der Waals surface area (Å²) in [5, 5.41) is 0.0790. The van der Waals surface area contributed by atoms with Crippen LogP contribution >= 0.6 is 0 Å². The van der Waals surface area contributed by atoms with Gasteiger partial charge in [0, 0.05) is 32.6 Å². The van der Waals surface area contributed by atoms with Crippen LogP contribution in [0.1, 0.15) is 100 Å². The first-order valence-electron chi connectivity index (χ1n) is 17.4. The van der Waals surface area contributed by atoms with Gasteiger partial charge in [-0.1, -0.05) is 91.8 Å². The van der Waals surface area contributed by atoms with E-state index in [1.807, 2.05) is 18.2 Å². The molecule has 270 valence electrons. The van der Waals surface area contributed by atoms with Gasteiger partial charge in [-0.25, -0.2) is 0 Å². The van der Waals surface area contributed by atoms with Crippen LogP contribution in [0.25, 0.3) is 0 Å². The highest BCUT2D eigenvalue weighted by Crippen LogP contribution is 2.40. The van der Waals surface area contributed by atoms with E-state index in [2.05, 4.69) is 100 Å². The van der Waals surface area contributed by atoms with Crippen molar-refractivity contribution >= 4 is 28.6 Å². The summed E-state index contributed by atoms with van der Waals surface area (Å²) >= 11 is 0. The van der Waals surface area contributed by atoms with Crippen molar-refractivity contribution in [1.29, 1.82) is 0 Å². The highest BCUT2D eigenvalue weighted by atomic mass is 28.4. The normalized spacial score (nSPS) is 16.8. The molecule has 0 saturated carbocycles. The zero-order valence-corrected chi connectivity index (χ0v) is 34.2. The summed E-state index contributed by atoms with van der Waals surface area (Å²) in [4.78, 5) is 24.4. The molecule has 47 heavy (non-hydrogen) atoms. The Morgan fingerprint density at radius 1 is 0.766 bits per heavy atom. The quantitative estimate of drug-likeness (QED) is 0.0765. The van der Waals surface area contributed by atoms with Gasteiger partial charge in [-0.15, -0.1) is 6.58 Å². The number of ether oxygens (including phenoxy) is 3. The molecule has 1 aromatic rings. The highest BCUT2D eigenvalue weighted by molar-refractivity contribution is 6.74. The first-order valence-corrected chi connectivity index (χ1v) is 23.2. The van der Waals surface area contributed by atoms with Crippen molar-refractivity contribution in [2.45, 2.75) is 162 Å². The van der Waals surface area contributed by atoms with Gasteiger partial charge in [0.15, 0.2) is 16.6 Å². The topological polar surface area (TPSA) is 80.3 Å². The van der Waals surface area contributed by atoms with Gasteiger partial charge < -0.3 is 23.1 Å². The first kappa shape index (κ1) is 43.2. The monoisotopic (exact) mass is 692 g/mol. The second kappa shape index (κ2) is 18.8. The van der Waals surface area contributed by atoms with Gasteiger partial charge in [0.1, 0.15) is 12.2 Å². The Hall–Kier alpha value is -1.79. The van der Waals surface area contributed by atoms with E-state index in [9.17, 15) is 9.59 Å². The van der Waals surface area contributed by atoms with Crippen molar-refractivity contribution in [2.75, 3.05) is 6.61 Å². The summed E-state index contributed by atoms with van der Waals surface area (Å²) in [5.74, 6) is -0.386. The van der Waals surface area contributed by atoms with Gasteiger partial charge in [0.2, 0.25) is 0 Å². The van der Waals surface area contributed by atoms with Crippen LogP contribution in [0.5, 0.6) is 0 Å². The Balaban J connectivity index is 3.14. The van der Waals surface area contributed by atoms with Gasteiger partial charge in [0.05, 0.1) is 25.4 Å². The van der Waals surface area contributed by atoms with Crippen molar-refractivity contribution in [3.63, 3.8) is 0 Å². The summed E-state index contributed by atoms with van der Waals surface area (Å²) in [5.41, 5.74) is 1.15. The Bertz CT molecular complexity index is 1090. The molecule has 0 amide bonds. The lowest BCUT2D eigenvalue weighted by molar-refractivity contribution is -0.154. The van der Waals surface area contributed by atoms with E-state index in [-0.39, 0.29) is 46.1 Å². The molecule has 0 aliphatic carbocycles. The zero-order valence-electron chi connectivity index (χ0n) is 32.2. The van der Waals surface area contributed by atoms with Gasteiger partial charge >= 0.3 is 11.9 Å². The molecular weight excluding hydrogens is 625 g/mol. The van der Waals surface area contributed by atoms with Gasteiger partial charge in [-0.05, 0) is 60.6 Å². The van der Waals surface area contributed by atoms with Crippen molar-refractivity contribution < 1.29 is 32.7 Å². The predicted molar refractivity (Wildman–Crippen MR) is 198 cm³/mol. The molecule has 0 fully saturated rings. The van der Waals surface area contributed by atoms with Gasteiger partial charge in [-0.2, -0.15) is 0 Å². The lowest BCUT2D eigenvalue weighted by Gasteiger charge is -2.43. The third-order valence-electron chi connectivity index (χ3n) is 10.00. The second-order valence-corrected chi connectivity index (χ2v) is 26.0. The van der Waals surface area contributed by atoms with Gasteiger partial charge in [-0.3, -0.25) is 9.59 Å². The molecule has 1 rings (SSSR count).